The standard InChI is InChI=1S/C12H20O11/c1-3-4(14)9(18)12(2-13,22-3)23-11-7(17)5(15)6(16)8(21-11)10(19)20/h3-9,11,13-18H,2H2,1H3,(H,19,20)/t3-,4-,5+,6+,7-,8+,9+,11-,12+/m1/s1. The molecular weight excluding hydrogens is 320 g/mol. The third-order valence-corrected chi connectivity index (χ3v) is 3.99. The third-order valence-electron chi connectivity index (χ3n) is 3.99. The molecule has 2 saturated heterocycles. The Balaban J connectivity index is 2.21. The second-order valence-corrected chi connectivity index (χ2v) is 5.58. The predicted molar refractivity (Wildman–Crippen MR) is 67.8 cm³/mol. The molecular formula is C12H20O11. The summed E-state index contributed by atoms with van der Waals surface area (Å²) in [6, 6.07) is 0. The molecule has 0 unspecified atom stereocenters. The molecule has 7 N–H and O–H groups in total. The third kappa shape index (κ3) is 3.07. The zero-order valence-electron chi connectivity index (χ0n) is 12.1. The van der Waals surface area contributed by atoms with E-state index in [0.717, 1.165) is 0 Å². The van der Waals surface area contributed by atoms with Crippen LogP contribution in [0.2, 0.25) is 0 Å². The molecule has 23 heavy (non-hydrogen) atoms. The van der Waals surface area contributed by atoms with Crippen molar-refractivity contribution in [1.29, 1.82) is 0 Å². The Morgan fingerprint density at radius 1 is 1.09 bits per heavy atom. The van der Waals surface area contributed by atoms with E-state index >= 15 is 0 Å². The lowest BCUT2D eigenvalue weighted by atomic mass is 9.98. The van der Waals surface area contributed by atoms with Crippen molar-refractivity contribution in [3.63, 3.8) is 0 Å². The molecule has 9 atom stereocenters. The molecule has 2 heterocycles. The number of carboxylic acids is 1. The normalized spacial score (nSPS) is 50.9. The summed E-state index contributed by atoms with van der Waals surface area (Å²) < 4.78 is 15.2. The first-order valence-corrected chi connectivity index (χ1v) is 6.89. The minimum atomic E-state index is -2.18. The maximum Gasteiger partial charge on any atom is 0.335 e. The molecule has 0 aromatic carbocycles. The Morgan fingerprint density at radius 2 is 1.70 bits per heavy atom. The van der Waals surface area contributed by atoms with Gasteiger partial charge in [0.1, 0.15) is 37.1 Å². The quantitative estimate of drug-likeness (QED) is 0.262. The lowest BCUT2D eigenvalue weighted by Crippen LogP contribution is -2.63. The molecule has 2 fully saturated rings. The first-order chi connectivity index (χ1) is 10.6. The van der Waals surface area contributed by atoms with E-state index in [1.807, 2.05) is 0 Å². The number of aliphatic hydroxyl groups excluding tert-OH is 6. The highest BCUT2D eigenvalue weighted by molar-refractivity contribution is 5.73. The van der Waals surface area contributed by atoms with Gasteiger partial charge in [-0.2, -0.15) is 0 Å². The summed E-state index contributed by atoms with van der Waals surface area (Å²) in [6.07, 6.45) is -13.5. The highest BCUT2D eigenvalue weighted by atomic mass is 16.8. The SMILES string of the molecule is C[C@H]1O[C@@](CO)(O[C@H]2O[C@H](C(=O)O)[C@@H](O)[C@H](O)[C@H]2O)[C@@H](O)[C@@H]1O. The van der Waals surface area contributed by atoms with Gasteiger partial charge in [-0.3, -0.25) is 0 Å². The highest BCUT2D eigenvalue weighted by Gasteiger charge is 2.58. The first kappa shape index (κ1) is 18.4. The number of aliphatic hydroxyl groups is 6. The van der Waals surface area contributed by atoms with Crippen LogP contribution < -0.4 is 0 Å². The molecule has 0 aromatic heterocycles. The van der Waals surface area contributed by atoms with Crippen molar-refractivity contribution in [3.05, 3.63) is 0 Å². The molecule has 11 nitrogen and oxygen atoms in total. The van der Waals surface area contributed by atoms with Gasteiger partial charge in [-0.1, -0.05) is 0 Å². The fraction of sp³-hybridized carbons (Fsp3) is 0.917. The summed E-state index contributed by atoms with van der Waals surface area (Å²) in [7, 11) is 0. The second kappa shape index (κ2) is 6.55. The summed E-state index contributed by atoms with van der Waals surface area (Å²) in [5.74, 6) is -3.80. The summed E-state index contributed by atoms with van der Waals surface area (Å²) in [4.78, 5) is 11.0. The number of carbonyl (C=O) groups is 1. The van der Waals surface area contributed by atoms with Crippen LogP contribution >= 0.6 is 0 Å². The number of rotatable bonds is 4. The van der Waals surface area contributed by atoms with Crippen LogP contribution in [0.4, 0.5) is 0 Å². The van der Waals surface area contributed by atoms with E-state index in [-0.39, 0.29) is 0 Å². The molecule has 0 bridgehead atoms. The Morgan fingerprint density at radius 3 is 2.13 bits per heavy atom. The van der Waals surface area contributed by atoms with Crippen LogP contribution in [0.1, 0.15) is 6.92 Å². The molecule has 0 radical (unpaired) electrons. The van der Waals surface area contributed by atoms with Gasteiger partial charge in [-0.25, -0.2) is 4.79 Å². The molecule has 0 saturated carbocycles. The summed E-state index contributed by atoms with van der Waals surface area (Å²) in [5, 5.41) is 67.2. The number of ether oxygens (including phenoxy) is 3. The van der Waals surface area contributed by atoms with Gasteiger partial charge < -0.3 is 50.0 Å². The van der Waals surface area contributed by atoms with Crippen LogP contribution in [0, 0.1) is 0 Å². The minimum Gasteiger partial charge on any atom is -0.479 e. The molecule has 0 amide bonds. The van der Waals surface area contributed by atoms with Crippen LogP contribution in [0.15, 0.2) is 0 Å². The van der Waals surface area contributed by atoms with Crippen molar-refractivity contribution in [1.82, 2.24) is 0 Å². The van der Waals surface area contributed by atoms with Crippen LogP contribution in [0.3, 0.4) is 0 Å². The van der Waals surface area contributed by atoms with Crippen molar-refractivity contribution in [2.75, 3.05) is 6.61 Å². The Kier molecular flexibility index (Phi) is 5.25. The molecule has 0 aromatic rings. The molecule has 2 aliphatic heterocycles. The summed E-state index contributed by atoms with van der Waals surface area (Å²) >= 11 is 0. The van der Waals surface area contributed by atoms with Crippen molar-refractivity contribution in [2.45, 2.75) is 61.7 Å². The van der Waals surface area contributed by atoms with Crippen molar-refractivity contribution in [2.24, 2.45) is 0 Å². The van der Waals surface area contributed by atoms with E-state index in [1.54, 1.807) is 0 Å². The van der Waals surface area contributed by atoms with Crippen LogP contribution in [0.25, 0.3) is 0 Å². The first-order valence-electron chi connectivity index (χ1n) is 6.89. The average molecular weight is 340 g/mol. The maximum absolute atomic E-state index is 11.0. The topological polar surface area (TPSA) is 186 Å². The Bertz CT molecular complexity index is 445. The van der Waals surface area contributed by atoms with Gasteiger partial charge in [-0.05, 0) is 6.92 Å². The smallest absolute Gasteiger partial charge is 0.335 e. The lowest BCUT2D eigenvalue weighted by molar-refractivity contribution is -0.378. The van der Waals surface area contributed by atoms with E-state index in [4.69, 9.17) is 19.3 Å². The monoisotopic (exact) mass is 340 g/mol. The second-order valence-electron chi connectivity index (χ2n) is 5.58. The highest BCUT2D eigenvalue weighted by Crippen LogP contribution is 2.35. The molecule has 2 rings (SSSR count). The van der Waals surface area contributed by atoms with Crippen LogP contribution in [-0.2, 0) is 19.0 Å². The van der Waals surface area contributed by atoms with E-state index in [9.17, 15) is 35.4 Å². The van der Waals surface area contributed by atoms with Gasteiger partial charge in [0.15, 0.2) is 12.4 Å². The van der Waals surface area contributed by atoms with Crippen LogP contribution in [0.5, 0.6) is 0 Å². The van der Waals surface area contributed by atoms with Gasteiger partial charge in [0.05, 0.1) is 6.10 Å². The zero-order chi connectivity index (χ0) is 17.5. The van der Waals surface area contributed by atoms with E-state index < -0.39 is 67.4 Å². The largest absolute Gasteiger partial charge is 0.479 e. The van der Waals surface area contributed by atoms with Crippen LogP contribution in [-0.4, -0.2) is 103 Å². The molecule has 2 aliphatic rings. The molecule has 134 valence electrons. The Labute approximate surface area is 130 Å². The number of aliphatic carboxylic acids is 1. The molecule has 0 aliphatic carbocycles. The average Bonchev–Trinajstić information content (AvgIpc) is 2.72. The predicted octanol–water partition coefficient (Wildman–Crippen LogP) is -4.28. The molecule has 0 spiro atoms. The summed E-state index contributed by atoms with van der Waals surface area (Å²) in [6.45, 7) is 0.448. The van der Waals surface area contributed by atoms with Gasteiger partial charge in [0.2, 0.25) is 5.79 Å². The van der Waals surface area contributed by atoms with E-state index in [1.165, 1.54) is 6.92 Å². The van der Waals surface area contributed by atoms with Crippen molar-refractivity contribution in [3.8, 4) is 0 Å². The fourth-order valence-corrected chi connectivity index (χ4v) is 2.58. The van der Waals surface area contributed by atoms with Gasteiger partial charge >= 0.3 is 5.97 Å². The van der Waals surface area contributed by atoms with Crippen molar-refractivity contribution >= 4 is 5.97 Å². The minimum absolute atomic E-state index is 0.927. The number of hydrogen-bond acceptors (Lipinski definition) is 10. The van der Waals surface area contributed by atoms with Gasteiger partial charge in [0, 0.05) is 0 Å². The van der Waals surface area contributed by atoms with E-state index in [0.29, 0.717) is 0 Å². The lowest BCUT2D eigenvalue weighted by Gasteiger charge is -2.42. The number of hydrogen-bond donors (Lipinski definition) is 7. The maximum atomic E-state index is 11.0. The molecule has 11 heteroatoms. The van der Waals surface area contributed by atoms with Crippen molar-refractivity contribution < 1.29 is 54.8 Å². The zero-order valence-corrected chi connectivity index (χ0v) is 12.1. The van der Waals surface area contributed by atoms with Gasteiger partial charge in [-0.15, -0.1) is 0 Å². The van der Waals surface area contributed by atoms with Gasteiger partial charge in [0.25, 0.3) is 0 Å². The number of carboxylic acid groups (broad SMARTS) is 1. The fourth-order valence-electron chi connectivity index (χ4n) is 2.58. The summed E-state index contributed by atoms with van der Waals surface area (Å²) in [5.41, 5.74) is 0. The van der Waals surface area contributed by atoms with E-state index in [2.05, 4.69) is 0 Å². The Hall–Kier alpha value is -0.890.